The summed E-state index contributed by atoms with van der Waals surface area (Å²) in [5.41, 5.74) is -1.19. The largest absolute Gasteiger partial charge is 0.496 e. The topological polar surface area (TPSA) is 46.5 Å². The van der Waals surface area contributed by atoms with Crippen molar-refractivity contribution in [2.75, 3.05) is 7.11 Å². The number of aliphatic carboxylic acids is 1. The smallest absolute Gasteiger partial charge is 0.420 e. The third-order valence-electron chi connectivity index (χ3n) is 1.98. The van der Waals surface area contributed by atoms with Crippen LogP contribution >= 0.6 is 11.6 Å². The number of halogens is 4. The van der Waals surface area contributed by atoms with E-state index in [1.807, 2.05) is 0 Å². The Morgan fingerprint density at radius 3 is 2.47 bits per heavy atom. The van der Waals surface area contributed by atoms with E-state index in [2.05, 4.69) is 4.74 Å². The Balaban J connectivity index is 3.40. The first kappa shape index (κ1) is 13.6. The Morgan fingerprint density at radius 2 is 2.06 bits per heavy atom. The van der Waals surface area contributed by atoms with Crippen molar-refractivity contribution in [3.8, 4) is 5.75 Å². The Bertz CT molecular complexity index is 443. The van der Waals surface area contributed by atoms with Gasteiger partial charge in [-0.15, -0.1) is 0 Å². The highest BCUT2D eigenvalue weighted by atomic mass is 35.5. The van der Waals surface area contributed by atoms with Gasteiger partial charge in [-0.25, -0.2) is 0 Å². The highest BCUT2D eigenvalue weighted by Crippen LogP contribution is 2.40. The predicted octanol–water partition coefficient (Wildman–Crippen LogP) is 2.99. The number of alkyl halides is 3. The molecule has 1 aromatic carbocycles. The molecule has 0 aliphatic carbocycles. The van der Waals surface area contributed by atoms with Crippen LogP contribution in [0.15, 0.2) is 12.1 Å². The number of methoxy groups -OCH3 is 1. The molecular weight excluding hydrogens is 261 g/mol. The van der Waals surface area contributed by atoms with E-state index in [0.29, 0.717) is 6.07 Å². The van der Waals surface area contributed by atoms with E-state index < -0.39 is 29.9 Å². The van der Waals surface area contributed by atoms with Crippen LogP contribution in [0.3, 0.4) is 0 Å². The lowest BCUT2D eigenvalue weighted by Gasteiger charge is -2.15. The Hall–Kier alpha value is -1.43. The van der Waals surface area contributed by atoms with Crippen molar-refractivity contribution in [1.29, 1.82) is 0 Å². The van der Waals surface area contributed by atoms with Crippen molar-refractivity contribution in [1.82, 2.24) is 0 Å². The zero-order chi connectivity index (χ0) is 13.2. The van der Waals surface area contributed by atoms with E-state index in [9.17, 15) is 18.0 Å². The molecule has 1 aromatic rings. The van der Waals surface area contributed by atoms with Crippen LogP contribution in [-0.2, 0) is 17.4 Å². The highest BCUT2D eigenvalue weighted by molar-refractivity contribution is 6.30. The minimum atomic E-state index is -4.65. The van der Waals surface area contributed by atoms with Crippen LogP contribution in [-0.4, -0.2) is 18.2 Å². The fourth-order valence-corrected chi connectivity index (χ4v) is 1.64. The SMILES string of the molecule is COc1c(CC(=O)O)cc(Cl)cc1C(F)(F)F. The average molecular weight is 269 g/mol. The number of carboxylic acids is 1. The van der Waals surface area contributed by atoms with Gasteiger partial charge in [0.05, 0.1) is 19.1 Å². The predicted molar refractivity (Wildman–Crippen MR) is 54.3 cm³/mol. The first-order valence-electron chi connectivity index (χ1n) is 4.41. The van der Waals surface area contributed by atoms with E-state index in [0.717, 1.165) is 13.2 Å². The maximum Gasteiger partial charge on any atom is 0.420 e. The standard InChI is InChI=1S/C10H8ClF3O3/c1-17-9-5(3-8(15)16)2-6(11)4-7(9)10(12,13)14/h2,4H,3H2,1H3,(H,15,16). The van der Waals surface area contributed by atoms with Crippen molar-refractivity contribution >= 4 is 17.6 Å². The molecule has 1 rings (SSSR count). The fourth-order valence-electron chi connectivity index (χ4n) is 1.40. The van der Waals surface area contributed by atoms with E-state index >= 15 is 0 Å². The van der Waals surface area contributed by atoms with Crippen LogP contribution in [0.1, 0.15) is 11.1 Å². The molecule has 0 amide bonds. The van der Waals surface area contributed by atoms with Gasteiger partial charge in [-0.2, -0.15) is 13.2 Å². The van der Waals surface area contributed by atoms with Gasteiger partial charge < -0.3 is 9.84 Å². The second-order valence-electron chi connectivity index (χ2n) is 3.21. The van der Waals surface area contributed by atoms with Gasteiger partial charge in [0.1, 0.15) is 5.75 Å². The van der Waals surface area contributed by atoms with Gasteiger partial charge >= 0.3 is 12.1 Å². The number of hydrogen-bond donors (Lipinski definition) is 1. The van der Waals surface area contributed by atoms with Gasteiger partial charge in [-0.05, 0) is 12.1 Å². The van der Waals surface area contributed by atoms with Crippen molar-refractivity contribution in [2.45, 2.75) is 12.6 Å². The van der Waals surface area contributed by atoms with E-state index in [4.69, 9.17) is 16.7 Å². The molecule has 0 saturated carbocycles. The van der Waals surface area contributed by atoms with Crippen LogP contribution in [0.5, 0.6) is 5.75 Å². The van der Waals surface area contributed by atoms with Gasteiger partial charge in [0.15, 0.2) is 0 Å². The highest BCUT2D eigenvalue weighted by Gasteiger charge is 2.36. The summed E-state index contributed by atoms with van der Waals surface area (Å²) in [6.45, 7) is 0. The van der Waals surface area contributed by atoms with E-state index in [1.165, 1.54) is 0 Å². The lowest BCUT2D eigenvalue weighted by molar-refractivity contribution is -0.139. The molecule has 94 valence electrons. The van der Waals surface area contributed by atoms with E-state index in [-0.39, 0.29) is 10.6 Å². The van der Waals surface area contributed by atoms with Gasteiger partial charge in [0.25, 0.3) is 0 Å². The maximum absolute atomic E-state index is 12.6. The van der Waals surface area contributed by atoms with Crippen molar-refractivity contribution < 1.29 is 27.8 Å². The molecule has 0 spiro atoms. The summed E-state index contributed by atoms with van der Waals surface area (Å²) in [6, 6.07) is 1.84. The summed E-state index contributed by atoms with van der Waals surface area (Å²) in [5.74, 6) is -1.78. The average Bonchev–Trinajstić information content (AvgIpc) is 2.14. The molecule has 0 heterocycles. The molecule has 0 radical (unpaired) electrons. The van der Waals surface area contributed by atoms with Crippen LogP contribution in [0, 0.1) is 0 Å². The van der Waals surface area contributed by atoms with Crippen LogP contribution in [0.4, 0.5) is 13.2 Å². The van der Waals surface area contributed by atoms with Crippen molar-refractivity contribution in [2.24, 2.45) is 0 Å². The molecule has 0 fully saturated rings. The normalized spacial score (nSPS) is 11.4. The zero-order valence-electron chi connectivity index (χ0n) is 8.64. The molecule has 0 unspecified atom stereocenters. The third kappa shape index (κ3) is 3.26. The Morgan fingerprint density at radius 1 is 1.47 bits per heavy atom. The lowest BCUT2D eigenvalue weighted by atomic mass is 10.1. The second-order valence-corrected chi connectivity index (χ2v) is 3.65. The van der Waals surface area contributed by atoms with Gasteiger partial charge in [0, 0.05) is 10.6 Å². The summed E-state index contributed by atoms with van der Waals surface area (Å²) >= 11 is 5.52. The Labute approximate surface area is 99.8 Å². The molecule has 0 bridgehead atoms. The van der Waals surface area contributed by atoms with Crippen LogP contribution in [0.2, 0.25) is 5.02 Å². The molecule has 0 saturated heterocycles. The molecule has 0 aromatic heterocycles. The lowest BCUT2D eigenvalue weighted by Crippen LogP contribution is -2.11. The number of ether oxygens (including phenoxy) is 1. The molecule has 0 atom stereocenters. The molecule has 3 nitrogen and oxygen atoms in total. The quantitative estimate of drug-likeness (QED) is 0.917. The first-order chi connectivity index (χ1) is 7.75. The minimum absolute atomic E-state index is 0.111. The van der Waals surface area contributed by atoms with Gasteiger partial charge in [-0.1, -0.05) is 11.6 Å². The maximum atomic E-state index is 12.6. The van der Waals surface area contributed by atoms with Crippen LogP contribution in [0.25, 0.3) is 0 Å². The molecule has 7 heteroatoms. The number of rotatable bonds is 3. The number of benzene rings is 1. The summed E-state index contributed by atoms with van der Waals surface area (Å²) in [7, 11) is 1.05. The molecule has 0 aliphatic heterocycles. The number of hydrogen-bond acceptors (Lipinski definition) is 2. The van der Waals surface area contributed by atoms with Gasteiger partial charge in [-0.3, -0.25) is 4.79 Å². The summed E-state index contributed by atoms with van der Waals surface area (Å²) in [5, 5.41) is 8.41. The molecule has 1 N–H and O–H groups in total. The summed E-state index contributed by atoms with van der Waals surface area (Å²) < 4.78 is 42.6. The summed E-state index contributed by atoms with van der Waals surface area (Å²) in [4.78, 5) is 10.5. The zero-order valence-corrected chi connectivity index (χ0v) is 9.39. The monoisotopic (exact) mass is 268 g/mol. The number of carbonyl (C=O) groups is 1. The first-order valence-corrected chi connectivity index (χ1v) is 4.79. The number of carboxylic acid groups (broad SMARTS) is 1. The third-order valence-corrected chi connectivity index (χ3v) is 2.20. The van der Waals surface area contributed by atoms with Crippen molar-refractivity contribution in [3.05, 3.63) is 28.3 Å². The molecular formula is C10H8ClF3O3. The van der Waals surface area contributed by atoms with E-state index in [1.54, 1.807) is 0 Å². The van der Waals surface area contributed by atoms with Crippen LogP contribution < -0.4 is 4.74 Å². The molecule has 0 aliphatic rings. The summed E-state index contributed by atoms with van der Waals surface area (Å²) in [6.07, 6.45) is -5.24. The van der Waals surface area contributed by atoms with Crippen molar-refractivity contribution in [3.63, 3.8) is 0 Å². The fraction of sp³-hybridized carbons (Fsp3) is 0.300. The second kappa shape index (κ2) is 4.83. The minimum Gasteiger partial charge on any atom is -0.496 e. The molecule has 17 heavy (non-hydrogen) atoms. The Kier molecular flexibility index (Phi) is 3.87. The van der Waals surface area contributed by atoms with Gasteiger partial charge in [0.2, 0.25) is 0 Å².